The van der Waals surface area contributed by atoms with E-state index in [2.05, 4.69) is 21.5 Å². The molecule has 0 unspecified atom stereocenters. The van der Waals surface area contributed by atoms with Crippen molar-refractivity contribution in [2.45, 2.75) is 25.3 Å². The number of hydrogen-bond acceptors (Lipinski definition) is 5. The molecule has 1 aliphatic rings. The van der Waals surface area contributed by atoms with Crippen molar-refractivity contribution in [2.24, 2.45) is 5.92 Å². The maximum atomic E-state index is 12.4. The smallest absolute Gasteiger partial charge is 0.307 e. The van der Waals surface area contributed by atoms with Crippen LogP contribution < -0.4 is 10.6 Å². The SMILES string of the molecule is C#Cc1cncc([C@H](CC(=O)OC)NC(=O)[C@@H]2CCCNC2)c1. The van der Waals surface area contributed by atoms with Gasteiger partial charge in [-0.3, -0.25) is 14.6 Å². The first-order chi connectivity index (χ1) is 11.1. The van der Waals surface area contributed by atoms with Crippen molar-refractivity contribution < 1.29 is 14.3 Å². The fourth-order valence-corrected chi connectivity index (χ4v) is 2.59. The molecule has 2 heterocycles. The molecule has 1 amide bonds. The number of aromatic nitrogens is 1. The third kappa shape index (κ3) is 4.80. The lowest BCUT2D eigenvalue weighted by Crippen LogP contribution is -2.42. The topological polar surface area (TPSA) is 80.3 Å². The van der Waals surface area contributed by atoms with Gasteiger partial charge in [0, 0.05) is 24.5 Å². The monoisotopic (exact) mass is 315 g/mol. The van der Waals surface area contributed by atoms with Gasteiger partial charge < -0.3 is 15.4 Å². The third-order valence-corrected chi connectivity index (χ3v) is 3.91. The summed E-state index contributed by atoms with van der Waals surface area (Å²) in [6, 6.07) is 1.25. The molecule has 1 aromatic rings. The van der Waals surface area contributed by atoms with E-state index in [1.165, 1.54) is 7.11 Å². The largest absolute Gasteiger partial charge is 0.469 e. The highest BCUT2D eigenvalue weighted by Crippen LogP contribution is 2.20. The molecule has 122 valence electrons. The van der Waals surface area contributed by atoms with Crippen molar-refractivity contribution in [3.05, 3.63) is 29.6 Å². The van der Waals surface area contributed by atoms with Crippen LogP contribution in [0.25, 0.3) is 0 Å². The van der Waals surface area contributed by atoms with E-state index < -0.39 is 12.0 Å². The summed E-state index contributed by atoms with van der Waals surface area (Å²) in [6.45, 7) is 1.59. The van der Waals surface area contributed by atoms with Crippen molar-refractivity contribution in [3.8, 4) is 12.3 Å². The molecule has 1 fully saturated rings. The molecular weight excluding hydrogens is 294 g/mol. The molecule has 23 heavy (non-hydrogen) atoms. The first-order valence-corrected chi connectivity index (χ1v) is 7.63. The number of nitrogens with zero attached hydrogens (tertiary/aromatic N) is 1. The number of methoxy groups -OCH3 is 1. The lowest BCUT2D eigenvalue weighted by molar-refractivity contribution is -0.141. The summed E-state index contributed by atoms with van der Waals surface area (Å²) in [5, 5.41) is 6.14. The van der Waals surface area contributed by atoms with Gasteiger partial charge in [0.2, 0.25) is 5.91 Å². The highest BCUT2D eigenvalue weighted by Gasteiger charge is 2.25. The Labute approximate surface area is 136 Å². The Hall–Kier alpha value is -2.39. The molecule has 2 atom stereocenters. The van der Waals surface area contributed by atoms with Gasteiger partial charge in [0.1, 0.15) is 0 Å². The predicted molar refractivity (Wildman–Crippen MR) is 85.3 cm³/mol. The number of ether oxygens (including phenoxy) is 1. The second-order valence-electron chi connectivity index (χ2n) is 5.54. The second-order valence-corrected chi connectivity index (χ2v) is 5.54. The van der Waals surface area contributed by atoms with E-state index in [9.17, 15) is 9.59 Å². The Kier molecular flexibility index (Phi) is 6.12. The minimum Gasteiger partial charge on any atom is -0.469 e. The van der Waals surface area contributed by atoms with Gasteiger partial charge in [-0.2, -0.15) is 0 Å². The van der Waals surface area contributed by atoms with E-state index in [4.69, 9.17) is 11.2 Å². The van der Waals surface area contributed by atoms with Crippen LogP contribution in [0.3, 0.4) is 0 Å². The van der Waals surface area contributed by atoms with Crippen LogP contribution in [0.2, 0.25) is 0 Å². The van der Waals surface area contributed by atoms with E-state index in [0.717, 1.165) is 19.4 Å². The Morgan fingerprint density at radius 2 is 2.39 bits per heavy atom. The molecule has 1 saturated heterocycles. The summed E-state index contributed by atoms with van der Waals surface area (Å²) < 4.78 is 4.72. The Morgan fingerprint density at radius 1 is 1.57 bits per heavy atom. The number of pyridine rings is 1. The van der Waals surface area contributed by atoms with Crippen molar-refractivity contribution in [2.75, 3.05) is 20.2 Å². The summed E-state index contributed by atoms with van der Waals surface area (Å²) >= 11 is 0. The first-order valence-electron chi connectivity index (χ1n) is 7.63. The molecule has 2 N–H and O–H groups in total. The average Bonchev–Trinajstić information content (AvgIpc) is 2.61. The number of nitrogens with one attached hydrogen (secondary N) is 2. The van der Waals surface area contributed by atoms with Crippen LogP contribution in [-0.2, 0) is 14.3 Å². The van der Waals surface area contributed by atoms with Crippen LogP contribution in [0.4, 0.5) is 0 Å². The van der Waals surface area contributed by atoms with Crippen molar-refractivity contribution >= 4 is 11.9 Å². The van der Waals surface area contributed by atoms with Crippen LogP contribution in [0.5, 0.6) is 0 Å². The number of rotatable bonds is 5. The quantitative estimate of drug-likeness (QED) is 0.620. The molecule has 6 nitrogen and oxygen atoms in total. The van der Waals surface area contributed by atoms with Gasteiger partial charge in [-0.1, -0.05) is 5.92 Å². The maximum Gasteiger partial charge on any atom is 0.307 e. The summed E-state index contributed by atoms with van der Waals surface area (Å²) in [4.78, 5) is 28.2. The standard InChI is InChI=1S/C17H21N3O3/c1-3-12-7-14(11-19-9-12)15(8-16(21)23-2)20-17(22)13-5-4-6-18-10-13/h1,7,9,11,13,15,18H,4-6,8,10H2,2H3,(H,20,22)/t13-,15+/m1/s1. The van der Waals surface area contributed by atoms with Gasteiger partial charge in [0.15, 0.2) is 0 Å². The molecule has 1 aliphatic heterocycles. The number of hydrogen-bond donors (Lipinski definition) is 2. The lowest BCUT2D eigenvalue weighted by atomic mass is 9.97. The molecule has 2 rings (SSSR count). The van der Waals surface area contributed by atoms with E-state index in [1.54, 1.807) is 18.5 Å². The van der Waals surface area contributed by atoms with Crippen molar-refractivity contribution in [1.82, 2.24) is 15.6 Å². The first kappa shape index (κ1) is 17.0. The normalized spacial score (nSPS) is 18.5. The number of esters is 1. The van der Waals surface area contributed by atoms with Gasteiger partial charge in [0.25, 0.3) is 0 Å². The van der Waals surface area contributed by atoms with E-state index in [1.807, 2.05) is 0 Å². The molecule has 0 bridgehead atoms. The molecule has 0 spiro atoms. The zero-order valence-electron chi connectivity index (χ0n) is 13.2. The van der Waals surface area contributed by atoms with E-state index in [0.29, 0.717) is 17.7 Å². The average molecular weight is 315 g/mol. The number of carbonyl (C=O) groups is 2. The summed E-state index contributed by atoms with van der Waals surface area (Å²) in [5.41, 5.74) is 1.30. The zero-order valence-corrected chi connectivity index (χ0v) is 13.2. The van der Waals surface area contributed by atoms with Crippen LogP contribution in [0.1, 0.15) is 36.4 Å². The van der Waals surface area contributed by atoms with Gasteiger partial charge in [-0.15, -0.1) is 6.42 Å². The van der Waals surface area contributed by atoms with E-state index in [-0.39, 0.29) is 18.2 Å². The van der Waals surface area contributed by atoms with Crippen LogP contribution in [0, 0.1) is 18.3 Å². The lowest BCUT2D eigenvalue weighted by Gasteiger charge is -2.25. The highest BCUT2D eigenvalue weighted by atomic mass is 16.5. The van der Waals surface area contributed by atoms with Crippen LogP contribution in [-0.4, -0.2) is 37.1 Å². The molecule has 1 aromatic heterocycles. The second kappa shape index (κ2) is 8.30. The number of piperidine rings is 1. The van der Waals surface area contributed by atoms with E-state index >= 15 is 0 Å². The molecular formula is C17H21N3O3. The van der Waals surface area contributed by atoms with Crippen molar-refractivity contribution in [1.29, 1.82) is 0 Å². The number of carbonyl (C=O) groups excluding carboxylic acids is 2. The third-order valence-electron chi connectivity index (χ3n) is 3.91. The molecule has 0 saturated carbocycles. The fourth-order valence-electron chi connectivity index (χ4n) is 2.59. The van der Waals surface area contributed by atoms with Crippen LogP contribution in [0.15, 0.2) is 18.5 Å². The number of terminal acetylenes is 1. The molecule has 0 radical (unpaired) electrons. The maximum absolute atomic E-state index is 12.4. The number of amides is 1. The summed E-state index contributed by atoms with van der Waals surface area (Å²) in [6.07, 6.45) is 10.4. The van der Waals surface area contributed by atoms with Crippen LogP contribution >= 0.6 is 0 Å². The minimum absolute atomic E-state index is 0.0398. The Morgan fingerprint density at radius 3 is 3.04 bits per heavy atom. The van der Waals surface area contributed by atoms with Gasteiger partial charge >= 0.3 is 5.97 Å². The van der Waals surface area contributed by atoms with Gasteiger partial charge in [0.05, 0.1) is 25.5 Å². The summed E-state index contributed by atoms with van der Waals surface area (Å²) in [5.74, 6) is 1.94. The highest BCUT2D eigenvalue weighted by molar-refractivity contribution is 5.80. The summed E-state index contributed by atoms with van der Waals surface area (Å²) in [7, 11) is 1.32. The minimum atomic E-state index is -0.502. The Bertz CT molecular complexity index is 603. The van der Waals surface area contributed by atoms with Gasteiger partial charge in [-0.25, -0.2) is 0 Å². The molecule has 0 aliphatic carbocycles. The van der Waals surface area contributed by atoms with Gasteiger partial charge in [-0.05, 0) is 31.0 Å². The zero-order chi connectivity index (χ0) is 16.7. The predicted octanol–water partition coefficient (Wildman–Crippen LogP) is 0.783. The molecule has 6 heteroatoms. The molecule has 0 aromatic carbocycles. The van der Waals surface area contributed by atoms with Crippen molar-refractivity contribution in [3.63, 3.8) is 0 Å². The fraction of sp³-hybridized carbons (Fsp3) is 0.471. The Balaban J connectivity index is 2.14.